The first-order chi connectivity index (χ1) is 9.72. The molecule has 5 nitrogen and oxygen atoms in total. The Balaban J connectivity index is 2.30. The minimum Gasteiger partial charge on any atom is -0.345 e. The Hall–Kier alpha value is -2.74. The molecule has 98 valence electrons. The highest BCUT2D eigenvalue weighted by atomic mass is 14.9. The van der Waals surface area contributed by atoms with Crippen molar-refractivity contribution in [2.24, 2.45) is 0 Å². The molecule has 0 saturated carbocycles. The average molecular weight is 263 g/mol. The molecular weight excluding hydrogens is 250 g/mol. The molecule has 0 fully saturated rings. The van der Waals surface area contributed by atoms with Gasteiger partial charge in [-0.3, -0.25) is 0 Å². The number of pyridine rings is 1. The normalized spacial score (nSPS) is 10.7. The first-order valence-electron chi connectivity index (χ1n) is 6.43. The maximum atomic E-state index is 9.25. The highest BCUT2D eigenvalue weighted by Gasteiger charge is 2.14. The number of fused-ring (bicyclic) bond motifs is 1. The molecule has 0 aliphatic carbocycles. The number of nitrogens with one attached hydrogen (secondary N) is 1. The van der Waals surface area contributed by atoms with Gasteiger partial charge in [0.25, 0.3) is 0 Å². The van der Waals surface area contributed by atoms with Crippen LogP contribution in [0.4, 0.5) is 0 Å². The lowest BCUT2D eigenvalue weighted by atomic mass is 10.1. The minimum atomic E-state index is 0.476. The molecule has 0 aliphatic rings. The van der Waals surface area contributed by atoms with E-state index < -0.39 is 0 Å². The zero-order valence-electron chi connectivity index (χ0n) is 11.3. The van der Waals surface area contributed by atoms with Crippen molar-refractivity contribution in [1.29, 1.82) is 5.26 Å². The van der Waals surface area contributed by atoms with Gasteiger partial charge in [0.2, 0.25) is 0 Å². The van der Waals surface area contributed by atoms with E-state index in [0.29, 0.717) is 11.3 Å². The molecule has 0 unspecified atom stereocenters. The molecule has 3 rings (SSSR count). The van der Waals surface area contributed by atoms with Gasteiger partial charge >= 0.3 is 0 Å². The molecule has 5 heteroatoms. The Kier molecular flexibility index (Phi) is 2.92. The van der Waals surface area contributed by atoms with Gasteiger partial charge in [-0.25, -0.2) is 15.0 Å². The predicted molar refractivity (Wildman–Crippen MR) is 75.9 cm³/mol. The third-order valence-electron chi connectivity index (χ3n) is 3.20. The van der Waals surface area contributed by atoms with Gasteiger partial charge in [0.05, 0.1) is 11.3 Å². The molecule has 0 aliphatic heterocycles. The average Bonchev–Trinajstić information content (AvgIpc) is 2.89. The van der Waals surface area contributed by atoms with Crippen LogP contribution in [-0.4, -0.2) is 19.9 Å². The minimum absolute atomic E-state index is 0.476. The Bertz CT molecular complexity index is 826. The fourth-order valence-electron chi connectivity index (χ4n) is 2.18. The molecule has 0 atom stereocenters. The quantitative estimate of drug-likeness (QED) is 0.771. The summed E-state index contributed by atoms with van der Waals surface area (Å²) < 4.78 is 0. The number of nitrogens with zero attached hydrogens (tertiary/aromatic N) is 4. The van der Waals surface area contributed by atoms with Gasteiger partial charge in [-0.05, 0) is 18.6 Å². The topological polar surface area (TPSA) is 78.2 Å². The number of aromatic nitrogens is 4. The highest BCUT2D eigenvalue weighted by molar-refractivity contribution is 5.94. The molecule has 0 amide bonds. The van der Waals surface area contributed by atoms with Gasteiger partial charge in [-0.15, -0.1) is 0 Å². The standard InChI is InChI=1S/C15H13N5/c1-3-13-17-7-10(5-16)14(20-13)12-8-19-15-11(12)4-9(2)6-18-15/h4,6-8H,3H2,1-2H3,(H,18,19). The molecule has 3 aromatic heterocycles. The van der Waals surface area contributed by atoms with E-state index in [9.17, 15) is 5.26 Å². The molecule has 20 heavy (non-hydrogen) atoms. The number of rotatable bonds is 2. The van der Waals surface area contributed by atoms with Crippen LogP contribution >= 0.6 is 0 Å². The number of nitriles is 1. The van der Waals surface area contributed by atoms with Crippen molar-refractivity contribution in [2.45, 2.75) is 20.3 Å². The van der Waals surface area contributed by atoms with E-state index in [1.165, 1.54) is 0 Å². The first-order valence-corrected chi connectivity index (χ1v) is 6.43. The summed E-state index contributed by atoms with van der Waals surface area (Å²) in [6.45, 7) is 3.98. The molecule has 1 N–H and O–H groups in total. The third kappa shape index (κ3) is 1.91. The van der Waals surface area contributed by atoms with Crippen molar-refractivity contribution < 1.29 is 0 Å². The van der Waals surface area contributed by atoms with Gasteiger partial charge in [0.1, 0.15) is 17.5 Å². The number of hydrogen-bond donors (Lipinski definition) is 1. The summed E-state index contributed by atoms with van der Waals surface area (Å²) in [5.41, 5.74) is 3.90. The second kappa shape index (κ2) is 4.74. The second-order valence-corrected chi connectivity index (χ2v) is 4.63. The number of H-pyrrole nitrogens is 1. The summed E-state index contributed by atoms with van der Waals surface area (Å²) in [4.78, 5) is 16.1. The molecule has 0 saturated heterocycles. The summed E-state index contributed by atoms with van der Waals surface area (Å²) in [6, 6.07) is 4.20. The smallest absolute Gasteiger partial charge is 0.137 e. The Morgan fingerprint density at radius 2 is 2.15 bits per heavy atom. The van der Waals surface area contributed by atoms with E-state index in [0.717, 1.165) is 34.4 Å². The Labute approximate surface area is 116 Å². The van der Waals surface area contributed by atoms with Crippen LogP contribution in [0.2, 0.25) is 0 Å². The zero-order chi connectivity index (χ0) is 14.1. The fourth-order valence-corrected chi connectivity index (χ4v) is 2.18. The van der Waals surface area contributed by atoms with E-state index in [2.05, 4.69) is 26.0 Å². The fraction of sp³-hybridized carbons (Fsp3) is 0.200. The summed E-state index contributed by atoms with van der Waals surface area (Å²) in [5.74, 6) is 0.731. The molecule has 0 spiro atoms. The third-order valence-corrected chi connectivity index (χ3v) is 3.20. The van der Waals surface area contributed by atoms with E-state index in [1.807, 2.05) is 32.3 Å². The number of hydrogen-bond acceptors (Lipinski definition) is 4. The van der Waals surface area contributed by atoms with Gasteiger partial charge in [0, 0.05) is 36.0 Å². The van der Waals surface area contributed by atoms with Crippen molar-refractivity contribution in [3.05, 3.63) is 41.6 Å². The maximum absolute atomic E-state index is 9.25. The molecular formula is C15H13N5. The van der Waals surface area contributed by atoms with Crippen LogP contribution in [0, 0.1) is 18.3 Å². The van der Waals surface area contributed by atoms with Crippen LogP contribution in [0.15, 0.2) is 24.7 Å². The van der Waals surface area contributed by atoms with Crippen molar-refractivity contribution in [1.82, 2.24) is 19.9 Å². The van der Waals surface area contributed by atoms with E-state index in [-0.39, 0.29) is 0 Å². The van der Waals surface area contributed by atoms with Crippen LogP contribution in [0.5, 0.6) is 0 Å². The van der Waals surface area contributed by atoms with Crippen molar-refractivity contribution in [3.8, 4) is 17.3 Å². The number of aryl methyl sites for hydroxylation is 2. The van der Waals surface area contributed by atoms with Crippen molar-refractivity contribution in [3.63, 3.8) is 0 Å². The monoisotopic (exact) mass is 263 g/mol. The van der Waals surface area contributed by atoms with Gasteiger partial charge in [-0.2, -0.15) is 5.26 Å². The summed E-state index contributed by atoms with van der Waals surface area (Å²) >= 11 is 0. The summed E-state index contributed by atoms with van der Waals surface area (Å²) in [5, 5.41) is 10.2. The van der Waals surface area contributed by atoms with Crippen LogP contribution in [-0.2, 0) is 6.42 Å². The zero-order valence-corrected chi connectivity index (χ0v) is 11.3. The Morgan fingerprint density at radius 1 is 1.30 bits per heavy atom. The van der Waals surface area contributed by atoms with Gasteiger partial charge in [-0.1, -0.05) is 6.92 Å². The molecule has 3 heterocycles. The van der Waals surface area contributed by atoms with Crippen LogP contribution in [0.3, 0.4) is 0 Å². The number of aromatic amines is 1. The van der Waals surface area contributed by atoms with Crippen molar-refractivity contribution >= 4 is 11.0 Å². The lowest BCUT2D eigenvalue weighted by molar-refractivity contribution is 0.940. The van der Waals surface area contributed by atoms with Crippen LogP contribution in [0.25, 0.3) is 22.3 Å². The maximum Gasteiger partial charge on any atom is 0.137 e. The highest BCUT2D eigenvalue weighted by Crippen LogP contribution is 2.28. The second-order valence-electron chi connectivity index (χ2n) is 4.63. The van der Waals surface area contributed by atoms with Crippen LogP contribution in [0.1, 0.15) is 23.9 Å². The molecule has 0 aromatic carbocycles. The van der Waals surface area contributed by atoms with Crippen molar-refractivity contribution in [2.75, 3.05) is 0 Å². The lowest BCUT2D eigenvalue weighted by Crippen LogP contribution is -1.97. The van der Waals surface area contributed by atoms with E-state index in [1.54, 1.807) is 6.20 Å². The summed E-state index contributed by atoms with van der Waals surface area (Å²) in [7, 11) is 0. The Morgan fingerprint density at radius 3 is 2.90 bits per heavy atom. The lowest BCUT2D eigenvalue weighted by Gasteiger charge is -2.04. The van der Waals surface area contributed by atoms with E-state index >= 15 is 0 Å². The van der Waals surface area contributed by atoms with Crippen LogP contribution < -0.4 is 0 Å². The molecule has 3 aromatic rings. The molecule has 0 bridgehead atoms. The summed E-state index contributed by atoms with van der Waals surface area (Å²) in [6.07, 6.45) is 5.98. The predicted octanol–water partition coefficient (Wildman–Crippen LogP) is 2.76. The van der Waals surface area contributed by atoms with Gasteiger partial charge < -0.3 is 4.98 Å². The SMILES string of the molecule is CCc1ncc(C#N)c(-c2c[nH]c3ncc(C)cc23)n1. The first kappa shape index (κ1) is 12.3. The molecule has 0 radical (unpaired) electrons. The van der Waals surface area contributed by atoms with Gasteiger partial charge in [0.15, 0.2) is 0 Å². The largest absolute Gasteiger partial charge is 0.345 e. The van der Waals surface area contributed by atoms with E-state index in [4.69, 9.17) is 0 Å².